The zero-order valence-corrected chi connectivity index (χ0v) is 11.8. The second-order valence-corrected chi connectivity index (χ2v) is 6.22. The van der Waals surface area contributed by atoms with Crippen molar-refractivity contribution in [3.05, 3.63) is 11.3 Å². The molecule has 0 saturated heterocycles. The van der Waals surface area contributed by atoms with E-state index in [9.17, 15) is 8.42 Å². The first-order valence-corrected chi connectivity index (χ1v) is 8.07. The minimum absolute atomic E-state index is 0.0884. The molecule has 0 fully saturated rings. The van der Waals surface area contributed by atoms with Gasteiger partial charge in [-0.1, -0.05) is 0 Å². The van der Waals surface area contributed by atoms with Gasteiger partial charge in [-0.3, -0.25) is 5.10 Å². The maximum Gasteiger partial charge on any atom is 0.260 e. The maximum atomic E-state index is 12.0. The van der Waals surface area contributed by atoms with E-state index < -0.39 is 10.0 Å². The van der Waals surface area contributed by atoms with E-state index in [0.29, 0.717) is 18.7 Å². The van der Waals surface area contributed by atoms with Crippen molar-refractivity contribution in [3.8, 4) is 0 Å². The number of aromatic amines is 1. The lowest BCUT2D eigenvalue weighted by atomic mass is 10.3. The topological polar surface area (TPSA) is 86.9 Å². The summed E-state index contributed by atoms with van der Waals surface area (Å²) in [5, 5.41) is 9.59. The number of H-pyrrole nitrogens is 1. The molecule has 0 saturated carbocycles. The maximum absolute atomic E-state index is 12.0. The van der Waals surface area contributed by atoms with Crippen LogP contribution in [0.1, 0.15) is 11.3 Å². The molecule has 8 heteroatoms. The van der Waals surface area contributed by atoms with E-state index >= 15 is 0 Å². The van der Waals surface area contributed by atoms with Gasteiger partial charge in [-0.15, -0.1) is 0 Å². The molecule has 0 aliphatic heterocycles. The van der Waals surface area contributed by atoms with Crippen molar-refractivity contribution in [1.29, 1.82) is 0 Å². The van der Waals surface area contributed by atoms with Crippen molar-refractivity contribution in [1.82, 2.24) is 20.2 Å². The van der Waals surface area contributed by atoms with E-state index in [2.05, 4.69) is 20.2 Å². The molecule has 0 aliphatic carbocycles. The van der Waals surface area contributed by atoms with Crippen molar-refractivity contribution < 1.29 is 8.42 Å². The summed E-state index contributed by atoms with van der Waals surface area (Å²) in [7, 11) is -1.74. The van der Waals surface area contributed by atoms with E-state index in [-0.39, 0.29) is 5.03 Å². The standard InChI is InChI=1S/C9H18N4O2S2/c1-7-8(6-10-2)9(13-12-7)17(14,15)11-4-5-16-3/h10-11H,4-6H2,1-3H3,(H,12,13). The zero-order valence-electron chi connectivity index (χ0n) is 10.2. The Morgan fingerprint density at radius 3 is 2.76 bits per heavy atom. The quantitative estimate of drug-likeness (QED) is 0.615. The lowest BCUT2D eigenvalue weighted by molar-refractivity contribution is 0.577. The van der Waals surface area contributed by atoms with Gasteiger partial charge in [0.05, 0.1) is 0 Å². The van der Waals surface area contributed by atoms with Gasteiger partial charge >= 0.3 is 0 Å². The van der Waals surface area contributed by atoms with Crippen molar-refractivity contribution >= 4 is 21.8 Å². The van der Waals surface area contributed by atoms with Crippen LogP contribution < -0.4 is 10.0 Å². The second kappa shape index (κ2) is 6.39. The Labute approximate surface area is 106 Å². The molecule has 0 bridgehead atoms. The van der Waals surface area contributed by atoms with Gasteiger partial charge in [0, 0.05) is 30.1 Å². The molecule has 17 heavy (non-hydrogen) atoms. The largest absolute Gasteiger partial charge is 0.316 e. The van der Waals surface area contributed by atoms with E-state index in [4.69, 9.17) is 0 Å². The number of rotatable bonds is 7. The Morgan fingerprint density at radius 2 is 2.18 bits per heavy atom. The zero-order chi connectivity index (χ0) is 12.9. The Kier molecular flexibility index (Phi) is 5.44. The molecule has 1 heterocycles. The van der Waals surface area contributed by atoms with Gasteiger partial charge in [-0.05, 0) is 20.2 Å². The number of nitrogens with one attached hydrogen (secondary N) is 3. The summed E-state index contributed by atoms with van der Waals surface area (Å²) >= 11 is 1.59. The SMILES string of the molecule is CNCc1c(S(=O)(=O)NCCSC)n[nH]c1C. The molecular formula is C9H18N4O2S2. The van der Waals surface area contributed by atoms with Crippen molar-refractivity contribution in [2.24, 2.45) is 0 Å². The molecule has 1 rings (SSSR count). The first-order chi connectivity index (χ1) is 8.03. The average molecular weight is 278 g/mol. The molecule has 1 aromatic rings. The third-order valence-corrected chi connectivity index (χ3v) is 4.29. The first-order valence-electron chi connectivity index (χ1n) is 5.20. The van der Waals surface area contributed by atoms with E-state index in [1.165, 1.54) is 0 Å². The highest BCUT2D eigenvalue weighted by Gasteiger charge is 2.22. The Morgan fingerprint density at radius 1 is 1.47 bits per heavy atom. The van der Waals surface area contributed by atoms with Crippen molar-refractivity contribution in [2.45, 2.75) is 18.5 Å². The molecule has 0 unspecified atom stereocenters. The normalized spacial score (nSPS) is 11.9. The van der Waals surface area contributed by atoms with Crippen LogP contribution in [0.4, 0.5) is 0 Å². The Bertz CT molecular complexity index is 456. The predicted octanol–water partition coefficient (Wildman–Crippen LogP) is 0.0788. The smallest absolute Gasteiger partial charge is 0.260 e. The van der Waals surface area contributed by atoms with Crippen LogP contribution in [0, 0.1) is 6.92 Å². The van der Waals surface area contributed by atoms with E-state index in [0.717, 1.165) is 11.4 Å². The van der Waals surface area contributed by atoms with Gasteiger partial charge in [-0.2, -0.15) is 16.9 Å². The molecule has 0 atom stereocenters. The summed E-state index contributed by atoms with van der Waals surface area (Å²) in [5.41, 5.74) is 1.45. The van der Waals surface area contributed by atoms with Crippen LogP contribution in [0.3, 0.4) is 0 Å². The van der Waals surface area contributed by atoms with Crippen LogP contribution in [0.15, 0.2) is 5.03 Å². The van der Waals surface area contributed by atoms with Crippen LogP contribution >= 0.6 is 11.8 Å². The monoisotopic (exact) mass is 278 g/mol. The summed E-state index contributed by atoms with van der Waals surface area (Å²) in [6.45, 7) is 2.69. The molecule has 0 aliphatic rings. The van der Waals surface area contributed by atoms with E-state index in [1.807, 2.05) is 6.26 Å². The minimum atomic E-state index is -3.51. The number of aryl methyl sites for hydroxylation is 1. The molecule has 0 spiro atoms. The fraction of sp³-hybridized carbons (Fsp3) is 0.667. The molecule has 0 aromatic carbocycles. The van der Waals surface area contributed by atoms with Crippen LogP contribution in [-0.2, 0) is 16.6 Å². The summed E-state index contributed by atoms with van der Waals surface area (Å²) in [4.78, 5) is 0. The number of hydrogen-bond acceptors (Lipinski definition) is 5. The number of hydrogen-bond donors (Lipinski definition) is 3. The third kappa shape index (κ3) is 3.70. The summed E-state index contributed by atoms with van der Waals surface area (Å²) < 4.78 is 26.5. The van der Waals surface area contributed by atoms with Gasteiger partial charge < -0.3 is 5.32 Å². The Balaban J connectivity index is 2.90. The summed E-state index contributed by atoms with van der Waals surface area (Å²) in [5.74, 6) is 0.740. The van der Waals surface area contributed by atoms with Crippen LogP contribution in [0.5, 0.6) is 0 Å². The van der Waals surface area contributed by atoms with Gasteiger partial charge in [0.1, 0.15) is 0 Å². The van der Waals surface area contributed by atoms with Gasteiger partial charge in [-0.25, -0.2) is 13.1 Å². The fourth-order valence-electron chi connectivity index (χ4n) is 1.38. The molecule has 98 valence electrons. The lowest BCUT2D eigenvalue weighted by Gasteiger charge is -2.06. The average Bonchev–Trinajstić information content (AvgIpc) is 2.62. The molecule has 1 aromatic heterocycles. The predicted molar refractivity (Wildman–Crippen MR) is 69.7 cm³/mol. The molecule has 0 amide bonds. The number of sulfonamides is 1. The van der Waals surface area contributed by atoms with Gasteiger partial charge in [0.2, 0.25) is 0 Å². The van der Waals surface area contributed by atoms with Crippen LogP contribution in [0.2, 0.25) is 0 Å². The minimum Gasteiger partial charge on any atom is -0.316 e. The van der Waals surface area contributed by atoms with Crippen molar-refractivity contribution in [2.75, 3.05) is 25.6 Å². The first kappa shape index (κ1) is 14.5. The van der Waals surface area contributed by atoms with Crippen LogP contribution in [0.25, 0.3) is 0 Å². The second-order valence-electron chi connectivity index (χ2n) is 3.55. The molecular weight excluding hydrogens is 260 g/mol. The lowest BCUT2D eigenvalue weighted by Crippen LogP contribution is -2.27. The third-order valence-electron chi connectivity index (χ3n) is 2.24. The summed E-state index contributed by atoms with van der Waals surface area (Å²) in [6, 6.07) is 0. The number of nitrogens with zero attached hydrogens (tertiary/aromatic N) is 1. The van der Waals surface area contributed by atoms with Crippen molar-refractivity contribution in [3.63, 3.8) is 0 Å². The van der Waals surface area contributed by atoms with Crippen LogP contribution in [-0.4, -0.2) is 44.2 Å². The van der Waals surface area contributed by atoms with Gasteiger partial charge in [0.25, 0.3) is 10.0 Å². The molecule has 3 N–H and O–H groups in total. The highest BCUT2D eigenvalue weighted by Crippen LogP contribution is 2.15. The molecule has 0 radical (unpaired) electrons. The number of thioether (sulfide) groups is 1. The number of aromatic nitrogens is 2. The Hall–Kier alpha value is -0.570. The highest BCUT2D eigenvalue weighted by molar-refractivity contribution is 7.98. The van der Waals surface area contributed by atoms with E-state index in [1.54, 1.807) is 25.7 Å². The van der Waals surface area contributed by atoms with Gasteiger partial charge in [0.15, 0.2) is 5.03 Å². The highest BCUT2D eigenvalue weighted by atomic mass is 32.2. The molecule has 6 nitrogen and oxygen atoms in total. The summed E-state index contributed by atoms with van der Waals surface area (Å²) in [6.07, 6.45) is 1.93. The fourth-order valence-corrected chi connectivity index (χ4v) is 3.04.